The van der Waals surface area contributed by atoms with Crippen molar-refractivity contribution in [1.29, 1.82) is 0 Å². The van der Waals surface area contributed by atoms with E-state index in [0.717, 1.165) is 16.8 Å². The van der Waals surface area contributed by atoms with Gasteiger partial charge in [0.2, 0.25) is 0 Å². The molecule has 4 heteroatoms. The highest BCUT2D eigenvalue weighted by molar-refractivity contribution is 5.99. The second-order valence-corrected chi connectivity index (χ2v) is 6.71. The summed E-state index contributed by atoms with van der Waals surface area (Å²) < 4.78 is 1.76. The van der Waals surface area contributed by atoms with E-state index in [1.54, 1.807) is 10.9 Å². The van der Waals surface area contributed by atoms with Gasteiger partial charge in [-0.05, 0) is 24.6 Å². The summed E-state index contributed by atoms with van der Waals surface area (Å²) in [6.07, 6.45) is 1.80. The topological polar surface area (TPSA) is 46.9 Å². The van der Waals surface area contributed by atoms with E-state index in [0.29, 0.717) is 17.8 Å². The van der Waals surface area contributed by atoms with Crippen LogP contribution in [0.4, 0.5) is 0 Å². The fraction of sp³-hybridized carbons (Fsp3) is 0.0833. The maximum atomic E-state index is 12.9. The van der Waals surface area contributed by atoms with Gasteiger partial charge in [0.25, 0.3) is 5.91 Å². The number of hydrogen-bond acceptors (Lipinski definition) is 2. The maximum absolute atomic E-state index is 12.9. The van der Waals surface area contributed by atoms with E-state index >= 15 is 0 Å². The molecular formula is C24H21N3O. The number of nitrogens with zero attached hydrogens (tertiary/aromatic N) is 2. The highest BCUT2D eigenvalue weighted by atomic mass is 16.1. The fourth-order valence-electron chi connectivity index (χ4n) is 3.05. The average molecular weight is 367 g/mol. The van der Waals surface area contributed by atoms with Crippen LogP contribution in [0.1, 0.15) is 21.5 Å². The smallest absolute Gasteiger partial charge is 0.255 e. The molecule has 4 aromatic rings. The van der Waals surface area contributed by atoms with E-state index in [9.17, 15) is 4.79 Å². The van der Waals surface area contributed by atoms with Gasteiger partial charge in [-0.25, -0.2) is 4.68 Å². The first-order valence-corrected chi connectivity index (χ1v) is 9.25. The average Bonchev–Trinajstić information content (AvgIpc) is 3.19. The fourth-order valence-corrected chi connectivity index (χ4v) is 3.05. The van der Waals surface area contributed by atoms with Crippen LogP contribution in [0, 0.1) is 6.92 Å². The van der Waals surface area contributed by atoms with Crippen LogP contribution in [-0.4, -0.2) is 15.7 Å². The number of hydrogen-bond donors (Lipinski definition) is 1. The maximum Gasteiger partial charge on any atom is 0.255 e. The van der Waals surface area contributed by atoms with Gasteiger partial charge in [0.15, 0.2) is 0 Å². The Morgan fingerprint density at radius 2 is 1.54 bits per heavy atom. The van der Waals surface area contributed by atoms with Crippen LogP contribution in [0.2, 0.25) is 0 Å². The zero-order valence-corrected chi connectivity index (χ0v) is 15.7. The van der Waals surface area contributed by atoms with Gasteiger partial charge in [-0.15, -0.1) is 0 Å². The summed E-state index contributed by atoms with van der Waals surface area (Å²) in [7, 11) is 0. The molecule has 0 atom stereocenters. The van der Waals surface area contributed by atoms with Gasteiger partial charge in [0.1, 0.15) is 5.69 Å². The Morgan fingerprint density at radius 1 is 0.893 bits per heavy atom. The molecule has 0 radical (unpaired) electrons. The molecule has 1 N–H and O–H groups in total. The predicted octanol–water partition coefficient (Wildman–Crippen LogP) is 4.78. The highest BCUT2D eigenvalue weighted by Crippen LogP contribution is 2.24. The Morgan fingerprint density at radius 3 is 2.21 bits per heavy atom. The first kappa shape index (κ1) is 17.7. The van der Waals surface area contributed by atoms with Crippen LogP contribution in [0.5, 0.6) is 0 Å². The van der Waals surface area contributed by atoms with Crippen molar-refractivity contribution in [3.63, 3.8) is 0 Å². The van der Waals surface area contributed by atoms with Crippen LogP contribution in [-0.2, 0) is 6.54 Å². The summed E-state index contributed by atoms with van der Waals surface area (Å²) in [5.74, 6) is -0.138. The van der Waals surface area contributed by atoms with Gasteiger partial charge in [-0.2, -0.15) is 5.10 Å². The zero-order chi connectivity index (χ0) is 19.3. The number of benzene rings is 3. The molecule has 1 amide bonds. The summed E-state index contributed by atoms with van der Waals surface area (Å²) in [4.78, 5) is 12.9. The quantitative estimate of drug-likeness (QED) is 0.552. The highest BCUT2D eigenvalue weighted by Gasteiger charge is 2.18. The predicted molar refractivity (Wildman–Crippen MR) is 111 cm³/mol. The number of carbonyl (C=O) groups is 1. The molecule has 0 aliphatic rings. The van der Waals surface area contributed by atoms with E-state index in [1.165, 1.54) is 5.56 Å². The molecule has 4 nitrogen and oxygen atoms in total. The SMILES string of the molecule is Cc1ccc(-n2cc(C(=O)NCc3ccccc3)c(-c3ccccc3)n2)cc1. The minimum Gasteiger partial charge on any atom is -0.348 e. The summed E-state index contributed by atoms with van der Waals surface area (Å²) in [5.41, 5.74) is 5.31. The van der Waals surface area contributed by atoms with E-state index in [-0.39, 0.29) is 5.91 Å². The lowest BCUT2D eigenvalue weighted by molar-refractivity contribution is 0.0951. The van der Waals surface area contributed by atoms with Gasteiger partial charge >= 0.3 is 0 Å². The molecule has 0 spiro atoms. The minimum absolute atomic E-state index is 0.138. The van der Waals surface area contributed by atoms with Crippen LogP contribution in [0.15, 0.2) is 91.1 Å². The number of amides is 1. The zero-order valence-electron chi connectivity index (χ0n) is 15.7. The van der Waals surface area contributed by atoms with Crippen molar-refractivity contribution in [3.05, 3.63) is 108 Å². The standard InChI is InChI=1S/C24H21N3O/c1-18-12-14-21(15-13-18)27-17-22(23(26-27)20-10-6-3-7-11-20)24(28)25-16-19-8-4-2-5-9-19/h2-15,17H,16H2,1H3,(H,25,28). The van der Waals surface area contributed by atoms with E-state index < -0.39 is 0 Å². The Bertz CT molecular complexity index is 1070. The number of rotatable bonds is 5. The van der Waals surface area contributed by atoms with Gasteiger partial charge in [-0.1, -0.05) is 78.4 Å². The molecule has 138 valence electrons. The summed E-state index contributed by atoms with van der Waals surface area (Å²) >= 11 is 0. The molecule has 1 heterocycles. The van der Waals surface area contributed by atoms with Gasteiger partial charge in [0, 0.05) is 18.3 Å². The molecule has 0 saturated heterocycles. The Hall–Kier alpha value is -3.66. The first-order valence-electron chi connectivity index (χ1n) is 9.25. The van der Waals surface area contributed by atoms with Crippen molar-refractivity contribution in [2.45, 2.75) is 13.5 Å². The van der Waals surface area contributed by atoms with Crippen LogP contribution in [0.25, 0.3) is 16.9 Å². The van der Waals surface area contributed by atoms with Crippen molar-refractivity contribution >= 4 is 5.91 Å². The Labute approximate surface area is 164 Å². The molecule has 0 saturated carbocycles. The van der Waals surface area contributed by atoms with Gasteiger partial charge in [-0.3, -0.25) is 4.79 Å². The lowest BCUT2D eigenvalue weighted by atomic mass is 10.1. The molecule has 3 aromatic carbocycles. The molecule has 4 rings (SSSR count). The van der Waals surface area contributed by atoms with E-state index in [1.807, 2.05) is 91.9 Å². The monoisotopic (exact) mass is 367 g/mol. The Kier molecular flexibility index (Phi) is 5.02. The molecule has 0 aliphatic heterocycles. The molecule has 0 aliphatic carbocycles. The molecule has 28 heavy (non-hydrogen) atoms. The molecule has 0 bridgehead atoms. The van der Waals surface area contributed by atoms with E-state index in [2.05, 4.69) is 5.32 Å². The number of aryl methyl sites for hydroxylation is 1. The second kappa shape index (κ2) is 7.92. The third kappa shape index (κ3) is 3.86. The van der Waals surface area contributed by atoms with Crippen LogP contribution in [0.3, 0.4) is 0 Å². The Balaban J connectivity index is 1.68. The lowest BCUT2D eigenvalue weighted by Gasteiger charge is -2.05. The van der Waals surface area contributed by atoms with Gasteiger partial charge < -0.3 is 5.32 Å². The molecular weight excluding hydrogens is 346 g/mol. The number of aromatic nitrogens is 2. The number of carbonyl (C=O) groups excluding carboxylic acids is 1. The van der Waals surface area contributed by atoms with Gasteiger partial charge in [0.05, 0.1) is 11.3 Å². The van der Waals surface area contributed by atoms with Crippen molar-refractivity contribution in [2.75, 3.05) is 0 Å². The van der Waals surface area contributed by atoms with Crippen molar-refractivity contribution in [1.82, 2.24) is 15.1 Å². The van der Waals surface area contributed by atoms with Crippen LogP contribution < -0.4 is 5.32 Å². The minimum atomic E-state index is -0.138. The lowest BCUT2D eigenvalue weighted by Crippen LogP contribution is -2.23. The normalized spacial score (nSPS) is 10.6. The summed E-state index contributed by atoms with van der Waals surface area (Å²) in [5, 5.41) is 7.72. The van der Waals surface area contributed by atoms with Crippen molar-refractivity contribution in [2.24, 2.45) is 0 Å². The van der Waals surface area contributed by atoms with Crippen LogP contribution >= 0.6 is 0 Å². The van der Waals surface area contributed by atoms with E-state index in [4.69, 9.17) is 5.10 Å². The third-order valence-corrected chi connectivity index (χ3v) is 4.60. The van der Waals surface area contributed by atoms with Crippen molar-refractivity contribution in [3.8, 4) is 16.9 Å². The second-order valence-electron chi connectivity index (χ2n) is 6.71. The molecule has 1 aromatic heterocycles. The molecule has 0 fully saturated rings. The summed E-state index contributed by atoms with van der Waals surface area (Å²) in [6, 6.07) is 27.7. The summed E-state index contributed by atoms with van der Waals surface area (Å²) in [6.45, 7) is 2.52. The third-order valence-electron chi connectivity index (χ3n) is 4.60. The first-order chi connectivity index (χ1) is 13.7. The van der Waals surface area contributed by atoms with Crippen molar-refractivity contribution < 1.29 is 4.79 Å². The molecule has 0 unspecified atom stereocenters. The number of nitrogens with one attached hydrogen (secondary N) is 1. The largest absolute Gasteiger partial charge is 0.348 e.